The van der Waals surface area contributed by atoms with Crippen molar-refractivity contribution in [3.05, 3.63) is 59.4 Å². The maximum Gasteiger partial charge on any atom is 0.392 e. The molecule has 0 saturated heterocycles. The molecule has 5 rings (SSSR count). The molecule has 2 amide bonds. The normalized spacial score (nSPS) is 21.6. The largest absolute Gasteiger partial charge is 0.392 e. The van der Waals surface area contributed by atoms with Crippen molar-refractivity contribution in [3.8, 4) is 11.1 Å². The van der Waals surface area contributed by atoms with Crippen LogP contribution in [-0.4, -0.2) is 33.1 Å². The molecule has 0 spiro atoms. The number of nitrogens with two attached hydrogens (primary N) is 1. The van der Waals surface area contributed by atoms with E-state index in [1.807, 2.05) is 18.2 Å². The molecular formula is C24H22F3N5O3. The number of hydrogen-bond donors (Lipinski definition) is 2. The van der Waals surface area contributed by atoms with Crippen molar-refractivity contribution in [3.63, 3.8) is 0 Å². The molecule has 2 aromatic heterocycles. The summed E-state index contributed by atoms with van der Waals surface area (Å²) in [4.78, 5) is 31.8. The van der Waals surface area contributed by atoms with Gasteiger partial charge in [-0.1, -0.05) is 29.8 Å². The number of aromatic nitrogens is 3. The molecular weight excluding hydrogens is 463 g/mol. The summed E-state index contributed by atoms with van der Waals surface area (Å²) in [5.41, 5.74) is 9.04. The third-order valence-electron chi connectivity index (χ3n) is 6.56. The lowest BCUT2D eigenvalue weighted by Crippen LogP contribution is -2.20. The molecule has 0 bridgehead atoms. The summed E-state index contributed by atoms with van der Waals surface area (Å²) >= 11 is 0. The molecule has 11 heteroatoms. The van der Waals surface area contributed by atoms with E-state index < -0.39 is 29.8 Å². The predicted molar refractivity (Wildman–Crippen MR) is 118 cm³/mol. The smallest absolute Gasteiger partial charge is 0.361 e. The van der Waals surface area contributed by atoms with Gasteiger partial charge in [-0.15, -0.1) is 0 Å². The molecule has 0 radical (unpaired) electrons. The number of nitrogens with one attached hydrogen (secondary N) is 1. The van der Waals surface area contributed by atoms with Gasteiger partial charge in [-0.05, 0) is 60.1 Å². The lowest BCUT2D eigenvalue weighted by atomic mass is 9.90. The minimum absolute atomic E-state index is 0.134. The Bertz CT molecular complexity index is 1290. The first kappa shape index (κ1) is 23.0. The van der Waals surface area contributed by atoms with Crippen molar-refractivity contribution in [1.82, 2.24) is 15.1 Å². The van der Waals surface area contributed by atoms with E-state index in [0.717, 1.165) is 47.9 Å². The van der Waals surface area contributed by atoms with Crippen LogP contribution in [0.25, 0.3) is 11.1 Å². The zero-order valence-corrected chi connectivity index (χ0v) is 18.5. The summed E-state index contributed by atoms with van der Waals surface area (Å²) in [6.07, 6.45) is 0.513. The second-order valence-corrected chi connectivity index (χ2v) is 8.94. The maximum absolute atomic E-state index is 12.8. The van der Waals surface area contributed by atoms with Gasteiger partial charge in [0.2, 0.25) is 5.91 Å². The summed E-state index contributed by atoms with van der Waals surface area (Å²) in [7, 11) is 0. The quantitative estimate of drug-likeness (QED) is 0.522. The number of carbonyl (C=O) groups excluding carboxylic acids is 2. The van der Waals surface area contributed by atoms with Crippen LogP contribution < -0.4 is 11.1 Å². The third-order valence-corrected chi connectivity index (χ3v) is 6.56. The van der Waals surface area contributed by atoms with Gasteiger partial charge in [0.05, 0.1) is 11.8 Å². The summed E-state index contributed by atoms with van der Waals surface area (Å²) in [6, 6.07) is 9.38. The second kappa shape index (κ2) is 8.79. The first-order valence-corrected chi connectivity index (χ1v) is 11.3. The Kier molecular flexibility index (Phi) is 5.78. The van der Waals surface area contributed by atoms with Crippen molar-refractivity contribution < 1.29 is 27.3 Å². The highest BCUT2D eigenvalue weighted by atomic mass is 19.4. The third kappa shape index (κ3) is 4.75. The molecule has 182 valence electrons. The Balaban J connectivity index is 1.37. The van der Waals surface area contributed by atoms with Crippen molar-refractivity contribution in [2.24, 2.45) is 17.6 Å². The van der Waals surface area contributed by atoms with Crippen LogP contribution in [0.15, 0.2) is 41.1 Å². The Morgan fingerprint density at radius 1 is 1.11 bits per heavy atom. The van der Waals surface area contributed by atoms with Gasteiger partial charge in [-0.25, -0.2) is 4.98 Å². The van der Waals surface area contributed by atoms with Gasteiger partial charge in [0, 0.05) is 12.1 Å². The zero-order valence-electron chi connectivity index (χ0n) is 18.5. The second-order valence-electron chi connectivity index (χ2n) is 8.94. The first-order valence-electron chi connectivity index (χ1n) is 11.3. The summed E-state index contributed by atoms with van der Waals surface area (Å²) in [5.74, 6) is -3.82. The van der Waals surface area contributed by atoms with E-state index in [-0.39, 0.29) is 24.0 Å². The number of amides is 2. The molecule has 1 saturated carbocycles. The number of rotatable bonds is 5. The Labute approximate surface area is 198 Å². The van der Waals surface area contributed by atoms with Crippen LogP contribution in [0, 0.1) is 11.8 Å². The lowest BCUT2D eigenvalue weighted by molar-refractivity contribution is -0.153. The standard InChI is InChI=1S/C24H22F3N5O3/c25-24(26,27)18-11-17(18)22(34)30-19-10-13(7-8-29-19)12-5-6-15-14(9-12)3-1-2-4-16(15)21-31-23(20(28)33)35-32-21/h5-10,16-18H,1-4,11H2,(H2,28,33)(H,29,30,34)/t16-,17-,18-/m0/s1. The number of fused-ring (bicyclic) bond motifs is 1. The van der Waals surface area contributed by atoms with Gasteiger partial charge in [-0.3, -0.25) is 9.59 Å². The van der Waals surface area contributed by atoms with Crippen molar-refractivity contribution in [2.45, 2.75) is 44.2 Å². The number of benzene rings is 1. The van der Waals surface area contributed by atoms with Gasteiger partial charge in [0.25, 0.3) is 0 Å². The van der Waals surface area contributed by atoms with Crippen LogP contribution in [0.4, 0.5) is 19.0 Å². The molecule has 0 unspecified atom stereocenters. The van der Waals surface area contributed by atoms with E-state index in [1.54, 1.807) is 12.1 Å². The Hall–Kier alpha value is -3.76. The topological polar surface area (TPSA) is 124 Å². The van der Waals surface area contributed by atoms with Gasteiger partial charge in [-0.2, -0.15) is 18.2 Å². The number of primary amides is 1. The van der Waals surface area contributed by atoms with Crippen LogP contribution in [0.3, 0.4) is 0 Å². The number of pyridine rings is 1. The van der Waals surface area contributed by atoms with Gasteiger partial charge < -0.3 is 15.6 Å². The van der Waals surface area contributed by atoms with Gasteiger partial charge >= 0.3 is 18.0 Å². The molecule has 8 nitrogen and oxygen atoms in total. The van der Waals surface area contributed by atoms with Crippen molar-refractivity contribution in [1.29, 1.82) is 0 Å². The highest BCUT2D eigenvalue weighted by molar-refractivity contribution is 5.94. The number of hydrogen-bond acceptors (Lipinski definition) is 6. The summed E-state index contributed by atoms with van der Waals surface area (Å²) in [5, 5.41) is 6.47. The van der Waals surface area contributed by atoms with Crippen LogP contribution in [0.1, 0.15) is 59.2 Å². The number of anilines is 1. The average Bonchev–Trinajstić information content (AvgIpc) is 3.55. The fraction of sp³-hybridized carbons (Fsp3) is 0.375. The van der Waals surface area contributed by atoms with Crippen molar-refractivity contribution in [2.75, 3.05) is 5.32 Å². The summed E-state index contributed by atoms with van der Waals surface area (Å²) < 4.78 is 43.3. The molecule has 3 N–H and O–H groups in total. The van der Waals surface area contributed by atoms with Crippen LogP contribution in [0.5, 0.6) is 0 Å². The van der Waals surface area contributed by atoms with E-state index in [4.69, 9.17) is 10.3 Å². The minimum Gasteiger partial charge on any atom is -0.361 e. The number of nitrogens with zero attached hydrogens (tertiary/aromatic N) is 3. The van der Waals surface area contributed by atoms with Crippen LogP contribution in [0.2, 0.25) is 0 Å². The molecule has 0 aliphatic heterocycles. The number of alkyl halides is 3. The number of halogens is 3. The van der Waals surface area contributed by atoms with Crippen LogP contribution in [-0.2, 0) is 11.2 Å². The fourth-order valence-corrected chi connectivity index (χ4v) is 4.65. The fourth-order valence-electron chi connectivity index (χ4n) is 4.65. The van der Waals surface area contributed by atoms with E-state index in [0.29, 0.717) is 5.82 Å². The monoisotopic (exact) mass is 485 g/mol. The molecule has 2 aliphatic rings. The van der Waals surface area contributed by atoms with E-state index in [2.05, 4.69) is 20.4 Å². The molecule has 35 heavy (non-hydrogen) atoms. The molecule has 2 heterocycles. The molecule has 2 aliphatic carbocycles. The van der Waals surface area contributed by atoms with Gasteiger partial charge in [0.1, 0.15) is 5.82 Å². The van der Waals surface area contributed by atoms with Crippen LogP contribution >= 0.6 is 0 Å². The minimum atomic E-state index is -4.36. The Morgan fingerprint density at radius 3 is 2.63 bits per heavy atom. The maximum atomic E-state index is 12.8. The lowest BCUT2D eigenvalue weighted by Gasteiger charge is -2.16. The summed E-state index contributed by atoms with van der Waals surface area (Å²) in [6.45, 7) is 0. The average molecular weight is 485 g/mol. The van der Waals surface area contributed by atoms with E-state index in [1.165, 1.54) is 6.20 Å². The van der Waals surface area contributed by atoms with Crippen molar-refractivity contribution >= 4 is 17.6 Å². The van der Waals surface area contributed by atoms with E-state index in [9.17, 15) is 22.8 Å². The van der Waals surface area contributed by atoms with Gasteiger partial charge in [0.15, 0.2) is 5.82 Å². The number of carbonyl (C=O) groups is 2. The Morgan fingerprint density at radius 2 is 1.91 bits per heavy atom. The SMILES string of the molecule is NC(=O)c1nc([C@H]2CCCCc3cc(-c4ccnc(NC(=O)[C@H]5C[C@@H]5C(F)(F)F)c4)ccc32)no1. The first-order chi connectivity index (χ1) is 16.7. The number of aryl methyl sites for hydroxylation is 1. The molecule has 1 fully saturated rings. The zero-order chi connectivity index (χ0) is 24.7. The van der Waals surface area contributed by atoms with E-state index >= 15 is 0 Å². The molecule has 3 atom stereocenters. The molecule has 1 aromatic carbocycles. The predicted octanol–water partition coefficient (Wildman–Crippen LogP) is 4.23. The molecule has 3 aromatic rings. The highest BCUT2D eigenvalue weighted by Crippen LogP contribution is 2.50. The highest BCUT2D eigenvalue weighted by Gasteiger charge is 2.58.